The van der Waals surface area contributed by atoms with E-state index in [4.69, 9.17) is 0 Å². The van der Waals surface area contributed by atoms with E-state index in [9.17, 15) is 14.9 Å². The van der Waals surface area contributed by atoms with Crippen LogP contribution in [0.15, 0.2) is 42.5 Å². The zero-order chi connectivity index (χ0) is 15.7. The van der Waals surface area contributed by atoms with Crippen LogP contribution >= 0.6 is 33.9 Å². The first kappa shape index (κ1) is 14.9. The third-order valence-corrected chi connectivity index (χ3v) is 4.56. The summed E-state index contributed by atoms with van der Waals surface area (Å²) in [6, 6.07) is 11.6. The summed E-state index contributed by atoms with van der Waals surface area (Å²) in [7, 11) is 0. The molecule has 22 heavy (non-hydrogen) atoms. The molecule has 1 amide bonds. The van der Waals surface area contributed by atoms with Crippen molar-refractivity contribution in [3.05, 3.63) is 61.7 Å². The average molecular weight is 425 g/mol. The standard InChI is InChI=1S/C14H8IN3O3S/c15-9-3-1-8(2-4-9)13(19)17-14-16-11-6-5-10(18(20)21)7-12(11)22-14/h1-7H,(H,16,17,19). The third-order valence-electron chi connectivity index (χ3n) is 2.91. The topological polar surface area (TPSA) is 85.1 Å². The van der Waals surface area contributed by atoms with Gasteiger partial charge in [0.25, 0.3) is 11.6 Å². The van der Waals surface area contributed by atoms with Crippen LogP contribution in [-0.4, -0.2) is 15.8 Å². The van der Waals surface area contributed by atoms with Crippen molar-refractivity contribution in [3.63, 3.8) is 0 Å². The van der Waals surface area contributed by atoms with Crippen LogP contribution in [-0.2, 0) is 0 Å². The fourth-order valence-electron chi connectivity index (χ4n) is 1.85. The fraction of sp³-hybridized carbons (Fsp3) is 0. The lowest BCUT2D eigenvalue weighted by Crippen LogP contribution is -2.11. The second-order valence-electron chi connectivity index (χ2n) is 4.39. The Bertz CT molecular complexity index is 877. The molecule has 0 unspecified atom stereocenters. The van der Waals surface area contributed by atoms with Gasteiger partial charge in [0, 0.05) is 21.3 Å². The number of aromatic nitrogens is 1. The number of rotatable bonds is 3. The first-order chi connectivity index (χ1) is 10.5. The highest BCUT2D eigenvalue weighted by Gasteiger charge is 2.12. The minimum Gasteiger partial charge on any atom is -0.298 e. The van der Waals surface area contributed by atoms with E-state index in [-0.39, 0.29) is 11.6 Å². The van der Waals surface area contributed by atoms with Crippen molar-refractivity contribution in [1.82, 2.24) is 4.98 Å². The van der Waals surface area contributed by atoms with E-state index in [1.165, 1.54) is 23.5 Å². The molecule has 1 aromatic heterocycles. The van der Waals surface area contributed by atoms with E-state index in [2.05, 4.69) is 32.9 Å². The van der Waals surface area contributed by atoms with Crippen molar-refractivity contribution in [3.8, 4) is 0 Å². The summed E-state index contributed by atoms with van der Waals surface area (Å²) in [6.07, 6.45) is 0. The number of non-ortho nitro benzene ring substituents is 1. The van der Waals surface area contributed by atoms with E-state index in [0.29, 0.717) is 20.9 Å². The van der Waals surface area contributed by atoms with Crippen LogP contribution in [0.3, 0.4) is 0 Å². The molecule has 0 aliphatic heterocycles. The number of hydrogen-bond acceptors (Lipinski definition) is 5. The van der Waals surface area contributed by atoms with Crippen LogP contribution in [0.2, 0.25) is 0 Å². The number of nitrogens with zero attached hydrogens (tertiary/aromatic N) is 2. The van der Waals surface area contributed by atoms with Crippen LogP contribution < -0.4 is 5.32 Å². The number of benzene rings is 2. The number of nitrogens with one attached hydrogen (secondary N) is 1. The lowest BCUT2D eigenvalue weighted by molar-refractivity contribution is -0.384. The van der Waals surface area contributed by atoms with Gasteiger partial charge in [-0.15, -0.1) is 0 Å². The Balaban J connectivity index is 1.86. The third kappa shape index (κ3) is 3.07. The Morgan fingerprint density at radius 2 is 1.95 bits per heavy atom. The Labute approximate surface area is 142 Å². The van der Waals surface area contributed by atoms with Crippen LogP contribution in [0.5, 0.6) is 0 Å². The summed E-state index contributed by atoms with van der Waals surface area (Å²) >= 11 is 3.37. The Morgan fingerprint density at radius 3 is 2.64 bits per heavy atom. The van der Waals surface area contributed by atoms with Gasteiger partial charge < -0.3 is 0 Å². The zero-order valence-electron chi connectivity index (χ0n) is 10.9. The molecule has 1 heterocycles. The van der Waals surface area contributed by atoms with E-state index in [1.54, 1.807) is 18.2 Å². The van der Waals surface area contributed by atoms with Gasteiger partial charge in [0.2, 0.25) is 0 Å². The molecule has 110 valence electrons. The number of nitro groups is 1. The number of hydrogen-bond donors (Lipinski definition) is 1. The molecule has 2 aromatic carbocycles. The summed E-state index contributed by atoms with van der Waals surface area (Å²) in [4.78, 5) is 26.7. The second kappa shape index (κ2) is 5.97. The molecule has 0 aliphatic rings. The molecule has 0 saturated carbocycles. The first-order valence-corrected chi connectivity index (χ1v) is 8.04. The van der Waals surface area contributed by atoms with Gasteiger partial charge in [-0.2, -0.15) is 0 Å². The highest BCUT2D eigenvalue weighted by Crippen LogP contribution is 2.29. The van der Waals surface area contributed by atoms with Gasteiger partial charge in [-0.25, -0.2) is 4.98 Å². The minimum atomic E-state index is -0.455. The molecular formula is C14H8IN3O3S. The van der Waals surface area contributed by atoms with Crippen molar-refractivity contribution >= 4 is 60.9 Å². The molecular weight excluding hydrogens is 417 g/mol. The highest BCUT2D eigenvalue weighted by atomic mass is 127. The minimum absolute atomic E-state index is 0.00617. The van der Waals surface area contributed by atoms with Crippen LogP contribution in [0.25, 0.3) is 10.2 Å². The van der Waals surface area contributed by atoms with Gasteiger partial charge in [0.1, 0.15) is 0 Å². The molecule has 6 nitrogen and oxygen atoms in total. The molecule has 0 spiro atoms. The number of nitro benzene ring substituents is 1. The second-order valence-corrected chi connectivity index (χ2v) is 6.67. The van der Waals surface area contributed by atoms with Gasteiger partial charge in [-0.1, -0.05) is 11.3 Å². The number of anilines is 1. The Morgan fingerprint density at radius 1 is 1.23 bits per heavy atom. The smallest absolute Gasteiger partial charge is 0.270 e. The van der Waals surface area contributed by atoms with E-state index >= 15 is 0 Å². The van der Waals surface area contributed by atoms with Crippen molar-refractivity contribution in [1.29, 1.82) is 0 Å². The number of fused-ring (bicyclic) bond motifs is 1. The van der Waals surface area contributed by atoms with Crippen LogP contribution in [0, 0.1) is 13.7 Å². The lowest BCUT2D eigenvalue weighted by Gasteiger charge is -2.01. The molecule has 1 N–H and O–H groups in total. The molecule has 8 heteroatoms. The number of carbonyl (C=O) groups excluding carboxylic acids is 1. The first-order valence-electron chi connectivity index (χ1n) is 6.15. The van der Waals surface area contributed by atoms with Crippen LogP contribution in [0.1, 0.15) is 10.4 Å². The van der Waals surface area contributed by atoms with Gasteiger partial charge in [0.05, 0.1) is 15.1 Å². The highest BCUT2D eigenvalue weighted by molar-refractivity contribution is 14.1. The summed E-state index contributed by atoms with van der Waals surface area (Å²) in [5, 5.41) is 13.9. The van der Waals surface area contributed by atoms with Gasteiger partial charge in [-0.05, 0) is 52.9 Å². The van der Waals surface area contributed by atoms with Crippen molar-refractivity contribution in [2.75, 3.05) is 5.32 Å². The van der Waals surface area contributed by atoms with Gasteiger partial charge in [0.15, 0.2) is 5.13 Å². The van der Waals surface area contributed by atoms with E-state index in [0.717, 1.165) is 3.57 Å². The summed E-state index contributed by atoms with van der Waals surface area (Å²) in [6.45, 7) is 0. The van der Waals surface area contributed by atoms with Crippen molar-refractivity contribution < 1.29 is 9.72 Å². The van der Waals surface area contributed by atoms with Crippen LogP contribution in [0.4, 0.5) is 10.8 Å². The molecule has 3 rings (SSSR count). The summed E-state index contributed by atoms with van der Waals surface area (Å²) in [5.41, 5.74) is 1.16. The summed E-state index contributed by atoms with van der Waals surface area (Å²) < 4.78 is 1.70. The maximum Gasteiger partial charge on any atom is 0.270 e. The molecule has 0 atom stereocenters. The number of amides is 1. The van der Waals surface area contributed by atoms with Crippen molar-refractivity contribution in [2.45, 2.75) is 0 Å². The van der Waals surface area contributed by atoms with Crippen molar-refractivity contribution in [2.24, 2.45) is 0 Å². The normalized spacial score (nSPS) is 10.6. The monoisotopic (exact) mass is 425 g/mol. The quantitative estimate of drug-likeness (QED) is 0.390. The van der Waals surface area contributed by atoms with E-state index < -0.39 is 4.92 Å². The Hall–Kier alpha value is -2.07. The van der Waals surface area contributed by atoms with Gasteiger partial charge >= 0.3 is 0 Å². The largest absolute Gasteiger partial charge is 0.298 e. The predicted octanol–water partition coefficient (Wildman–Crippen LogP) is 4.06. The molecule has 0 bridgehead atoms. The maximum absolute atomic E-state index is 12.1. The summed E-state index contributed by atoms with van der Waals surface area (Å²) in [5.74, 6) is -0.259. The molecule has 0 saturated heterocycles. The number of halogens is 1. The lowest BCUT2D eigenvalue weighted by atomic mass is 10.2. The predicted molar refractivity (Wildman–Crippen MR) is 93.4 cm³/mol. The number of thiazole rings is 1. The SMILES string of the molecule is O=C(Nc1nc2ccc([N+](=O)[O-])cc2s1)c1ccc(I)cc1. The Kier molecular flexibility index (Phi) is 4.03. The van der Waals surface area contributed by atoms with Gasteiger partial charge in [-0.3, -0.25) is 20.2 Å². The number of carbonyl (C=O) groups is 1. The average Bonchev–Trinajstić information content (AvgIpc) is 2.88. The molecule has 0 fully saturated rings. The maximum atomic E-state index is 12.1. The molecule has 0 radical (unpaired) electrons. The molecule has 3 aromatic rings. The van der Waals surface area contributed by atoms with E-state index in [1.807, 2.05) is 12.1 Å². The molecule has 0 aliphatic carbocycles. The fourth-order valence-corrected chi connectivity index (χ4v) is 3.10. The zero-order valence-corrected chi connectivity index (χ0v) is 13.9.